The summed E-state index contributed by atoms with van der Waals surface area (Å²) in [6.45, 7) is 8.59. The molecule has 1 atom stereocenters. The van der Waals surface area contributed by atoms with E-state index in [1.807, 2.05) is 49.4 Å². The van der Waals surface area contributed by atoms with Gasteiger partial charge in [-0.2, -0.15) is 0 Å². The summed E-state index contributed by atoms with van der Waals surface area (Å²) in [6.07, 6.45) is 0.826. The Kier molecular flexibility index (Phi) is 9.18. The van der Waals surface area contributed by atoms with Crippen molar-refractivity contribution in [1.82, 2.24) is 10.2 Å². The first-order chi connectivity index (χ1) is 14.3. The molecule has 0 unspecified atom stereocenters. The summed E-state index contributed by atoms with van der Waals surface area (Å²) in [4.78, 5) is 27.0. The summed E-state index contributed by atoms with van der Waals surface area (Å²) >= 11 is 6.28. The highest BCUT2D eigenvalue weighted by atomic mass is 35.5. The van der Waals surface area contributed by atoms with Crippen LogP contribution in [0.1, 0.15) is 51.2 Å². The van der Waals surface area contributed by atoms with Crippen molar-refractivity contribution in [2.45, 2.75) is 52.6 Å². The minimum absolute atomic E-state index is 0.156. The fourth-order valence-electron chi connectivity index (χ4n) is 2.97. The van der Waals surface area contributed by atoms with Crippen LogP contribution < -0.4 is 10.1 Å². The fourth-order valence-corrected chi connectivity index (χ4v) is 3.16. The van der Waals surface area contributed by atoms with Crippen LogP contribution in [-0.4, -0.2) is 35.9 Å². The zero-order valence-electron chi connectivity index (χ0n) is 18.2. The SMILES string of the molecule is CCCNC(=O)[C@@H](C)N(Cc1ccccc1Cl)C(=O)COc1ccc(C(C)C)cc1. The van der Waals surface area contributed by atoms with Gasteiger partial charge in [0, 0.05) is 18.1 Å². The maximum absolute atomic E-state index is 13.0. The molecule has 5 nitrogen and oxygen atoms in total. The molecule has 30 heavy (non-hydrogen) atoms. The number of amides is 2. The quantitative estimate of drug-likeness (QED) is 0.589. The van der Waals surface area contributed by atoms with Crippen molar-refractivity contribution < 1.29 is 14.3 Å². The molecule has 1 N–H and O–H groups in total. The Hall–Kier alpha value is -2.53. The van der Waals surface area contributed by atoms with Crippen molar-refractivity contribution >= 4 is 23.4 Å². The van der Waals surface area contributed by atoms with Gasteiger partial charge < -0.3 is 15.0 Å². The third-order valence-corrected chi connectivity index (χ3v) is 5.29. The first-order valence-corrected chi connectivity index (χ1v) is 10.7. The van der Waals surface area contributed by atoms with E-state index in [-0.39, 0.29) is 25.0 Å². The Bertz CT molecular complexity index is 837. The minimum Gasteiger partial charge on any atom is -0.484 e. The van der Waals surface area contributed by atoms with E-state index in [1.165, 1.54) is 10.5 Å². The fraction of sp³-hybridized carbons (Fsp3) is 0.417. The van der Waals surface area contributed by atoms with Gasteiger partial charge in [-0.3, -0.25) is 9.59 Å². The zero-order chi connectivity index (χ0) is 22.1. The third-order valence-electron chi connectivity index (χ3n) is 4.92. The van der Waals surface area contributed by atoms with Gasteiger partial charge in [0.15, 0.2) is 6.61 Å². The second kappa shape index (κ2) is 11.6. The summed E-state index contributed by atoms with van der Waals surface area (Å²) in [7, 11) is 0. The van der Waals surface area contributed by atoms with Gasteiger partial charge in [0.25, 0.3) is 5.91 Å². The predicted octanol–water partition coefficient (Wildman–Crippen LogP) is 4.79. The Morgan fingerprint density at radius 1 is 1.07 bits per heavy atom. The van der Waals surface area contributed by atoms with Crippen LogP contribution in [0.3, 0.4) is 0 Å². The Labute approximate surface area is 184 Å². The Morgan fingerprint density at radius 3 is 2.33 bits per heavy atom. The average molecular weight is 431 g/mol. The van der Waals surface area contributed by atoms with Crippen LogP contribution in [-0.2, 0) is 16.1 Å². The number of hydrogen-bond donors (Lipinski definition) is 1. The molecule has 0 radical (unpaired) electrons. The average Bonchev–Trinajstić information content (AvgIpc) is 2.75. The summed E-state index contributed by atoms with van der Waals surface area (Å²) < 4.78 is 5.71. The normalized spacial score (nSPS) is 11.8. The molecule has 0 aliphatic rings. The van der Waals surface area contributed by atoms with Crippen molar-refractivity contribution in [3.63, 3.8) is 0 Å². The van der Waals surface area contributed by atoms with Crippen molar-refractivity contribution in [3.8, 4) is 5.75 Å². The number of carbonyl (C=O) groups excluding carboxylic acids is 2. The van der Waals surface area contributed by atoms with Crippen LogP contribution >= 0.6 is 11.6 Å². The number of rotatable bonds is 10. The van der Waals surface area contributed by atoms with Gasteiger partial charge in [0.2, 0.25) is 5.91 Å². The second-order valence-electron chi connectivity index (χ2n) is 7.59. The summed E-state index contributed by atoms with van der Waals surface area (Å²) in [5.41, 5.74) is 1.99. The van der Waals surface area contributed by atoms with Crippen molar-refractivity contribution in [1.29, 1.82) is 0 Å². The standard InChI is InChI=1S/C24H31ClN2O3/c1-5-14-26-24(29)18(4)27(15-20-8-6-7-9-22(20)25)23(28)16-30-21-12-10-19(11-13-21)17(2)3/h6-13,17-18H,5,14-16H2,1-4H3,(H,26,29)/t18-/m1/s1. The molecule has 162 valence electrons. The van der Waals surface area contributed by atoms with Gasteiger partial charge >= 0.3 is 0 Å². The molecule has 0 fully saturated rings. The van der Waals surface area contributed by atoms with E-state index in [1.54, 1.807) is 13.0 Å². The number of hydrogen-bond acceptors (Lipinski definition) is 3. The number of carbonyl (C=O) groups is 2. The molecule has 2 rings (SSSR count). The molecule has 0 spiro atoms. The highest BCUT2D eigenvalue weighted by Crippen LogP contribution is 2.20. The van der Waals surface area contributed by atoms with Crippen molar-refractivity contribution in [3.05, 3.63) is 64.7 Å². The van der Waals surface area contributed by atoms with Crippen LogP contribution in [0.25, 0.3) is 0 Å². The van der Waals surface area contributed by atoms with Gasteiger partial charge in [-0.25, -0.2) is 0 Å². The monoisotopic (exact) mass is 430 g/mol. The molecule has 0 saturated heterocycles. The van der Waals surface area contributed by atoms with Gasteiger partial charge in [-0.1, -0.05) is 62.7 Å². The largest absolute Gasteiger partial charge is 0.484 e. The Balaban J connectivity index is 2.12. The number of ether oxygens (including phenoxy) is 1. The molecular formula is C24H31ClN2O3. The maximum Gasteiger partial charge on any atom is 0.261 e. The van der Waals surface area contributed by atoms with Crippen LogP contribution in [0.2, 0.25) is 5.02 Å². The predicted molar refractivity (Wildman–Crippen MR) is 121 cm³/mol. The maximum atomic E-state index is 13.0. The molecular weight excluding hydrogens is 400 g/mol. The molecule has 0 aromatic heterocycles. The molecule has 2 amide bonds. The lowest BCUT2D eigenvalue weighted by molar-refractivity contribution is -0.142. The smallest absolute Gasteiger partial charge is 0.261 e. The van der Waals surface area contributed by atoms with Crippen LogP contribution in [0.4, 0.5) is 0 Å². The van der Waals surface area contributed by atoms with Gasteiger partial charge in [-0.05, 0) is 48.6 Å². The molecule has 2 aromatic rings. The molecule has 0 heterocycles. The van der Waals surface area contributed by atoms with E-state index in [2.05, 4.69) is 19.2 Å². The van der Waals surface area contributed by atoms with Crippen molar-refractivity contribution in [2.75, 3.05) is 13.2 Å². The molecule has 6 heteroatoms. The molecule has 0 aliphatic carbocycles. The van der Waals surface area contributed by atoms with E-state index in [9.17, 15) is 9.59 Å². The number of nitrogens with one attached hydrogen (secondary N) is 1. The first kappa shape index (κ1) is 23.7. The van der Waals surface area contributed by atoms with Crippen LogP contribution in [0.15, 0.2) is 48.5 Å². The van der Waals surface area contributed by atoms with E-state index in [0.717, 1.165) is 12.0 Å². The van der Waals surface area contributed by atoms with Crippen molar-refractivity contribution in [2.24, 2.45) is 0 Å². The van der Waals surface area contributed by atoms with E-state index >= 15 is 0 Å². The lowest BCUT2D eigenvalue weighted by Crippen LogP contribution is -2.49. The van der Waals surface area contributed by atoms with Gasteiger partial charge in [0.05, 0.1) is 0 Å². The summed E-state index contributed by atoms with van der Waals surface area (Å²) in [5, 5.41) is 3.41. The lowest BCUT2D eigenvalue weighted by Gasteiger charge is -2.29. The number of nitrogens with zero attached hydrogens (tertiary/aromatic N) is 1. The van der Waals surface area contributed by atoms with Crippen LogP contribution in [0, 0.1) is 0 Å². The molecule has 0 aliphatic heterocycles. The van der Waals surface area contributed by atoms with Crippen LogP contribution in [0.5, 0.6) is 5.75 Å². The number of halogens is 1. The summed E-state index contributed by atoms with van der Waals surface area (Å²) in [6, 6.07) is 14.4. The van der Waals surface area contributed by atoms with E-state index < -0.39 is 6.04 Å². The molecule has 0 saturated carbocycles. The lowest BCUT2D eigenvalue weighted by atomic mass is 10.0. The molecule has 0 bridgehead atoms. The first-order valence-electron chi connectivity index (χ1n) is 10.4. The zero-order valence-corrected chi connectivity index (χ0v) is 18.9. The Morgan fingerprint density at radius 2 is 1.73 bits per heavy atom. The topological polar surface area (TPSA) is 58.6 Å². The van der Waals surface area contributed by atoms with Gasteiger partial charge in [-0.15, -0.1) is 0 Å². The van der Waals surface area contributed by atoms with Gasteiger partial charge in [0.1, 0.15) is 11.8 Å². The highest BCUT2D eigenvalue weighted by molar-refractivity contribution is 6.31. The second-order valence-corrected chi connectivity index (χ2v) is 8.00. The summed E-state index contributed by atoms with van der Waals surface area (Å²) in [5.74, 6) is 0.573. The van der Waals surface area contributed by atoms with E-state index in [0.29, 0.717) is 23.2 Å². The highest BCUT2D eigenvalue weighted by Gasteiger charge is 2.26. The minimum atomic E-state index is -0.646. The van der Waals surface area contributed by atoms with E-state index in [4.69, 9.17) is 16.3 Å². The third kappa shape index (κ3) is 6.77. The number of benzene rings is 2. The molecule has 2 aromatic carbocycles.